The van der Waals surface area contributed by atoms with Gasteiger partial charge in [-0.3, -0.25) is 4.90 Å². The fraction of sp³-hybridized carbons (Fsp3) is 0.450. The predicted molar refractivity (Wildman–Crippen MR) is 107 cm³/mol. The highest BCUT2D eigenvalue weighted by Gasteiger charge is 2.29. The molecule has 0 spiro atoms. The number of hydrogen-bond acceptors (Lipinski definition) is 6. The molecule has 2 aliphatic rings. The molecule has 3 heterocycles. The summed E-state index contributed by atoms with van der Waals surface area (Å²) in [6.45, 7) is 2.78. The number of anilines is 2. The third-order valence-electron chi connectivity index (χ3n) is 5.35. The van der Waals surface area contributed by atoms with Crippen molar-refractivity contribution in [1.82, 2.24) is 19.8 Å². The van der Waals surface area contributed by atoms with Gasteiger partial charge in [-0.2, -0.15) is 0 Å². The molecular weight excluding hydrogens is 356 g/mol. The van der Waals surface area contributed by atoms with E-state index in [-0.39, 0.29) is 12.1 Å². The summed E-state index contributed by atoms with van der Waals surface area (Å²) in [5.74, 6) is 2.10. The molecule has 3 N–H and O–H groups in total. The van der Waals surface area contributed by atoms with Crippen LogP contribution in [-0.4, -0.2) is 58.6 Å². The standard InChI is InChI=1S/C20H26N6O2/c1-25(13-19-22-8-6-18(21)24-19)16-7-9-26(12-16)20(27)23-15-4-5-17-14(11-15)3-2-10-28-17/h4-6,8,11,16H,2-3,7,9-10,12-13H2,1H3,(H,23,27)(H2,21,22,24). The van der Waals surface area contributed by atoms with Gasteiger partial charge >= 0.3 is 6.03 Å². The zero-order valence-electron chi connectivity index (χ0n) is 16.1. The first-order valence-corrected chi connectivity index (χ1v) is 9.68. The van der Waals surface area contributed by atoms with Gasteiger partial charge in [0.2, 0.25) is 0 Å². The summed E-state index contributed by atoms with van der Waals surface area (Å²) in [7, 11) is 2.03. The molecule has 28 heavy (non-hydrogen) atoms. The number of benzene rings is 1. The predicted octanol–water partition coefficient (Wildman–Crippen LogP) is 2.12. The smallest absolute Gasteiger partial charge is 0.321 e. The van der Waals surface area contributed by atoms with Crippen molar-refractivity contribution < 1.29 is 9.53 Å². The van der Waals surface area contributed by atoms with Gasteiger partial charge in [-0.1, -0.05) is 0 Å². The van der Waals surface area contributed by atoms with Gasteiger partial charge in [-0.25, -0.2) is 14.8 Å². The number of carbonyl (C=O) groups is 1. The lowest BCUT2D eigenvalue weighted by atomic mass is 10.1. The Hall–Kier alpha value is -2.87. The normalized spacial score (nSPS) is 18.6. The monoisotopic (exact) mass is 382 g/mol. The SMILES string of the molecule is CN(Cc1nccc(N)n1)C1CCN(C(=O)Nc2ccc3c(c2)CCCO3)C1. The number of nitrogen functional groups attached to an aromatic ring is 1. The molecule has 1 saturated heterocycles. The first kappa shape index (κ1) is 18.5. The van der Waals surface area contributed by atoms with Gasteiger partial charge in [0.1, 0.15) is 17.4 Å². The zero-order valence-corrected chi connectivity index (χ0v) is 16.1. The van der Waals surface area contributed by atoms with Crippen molar-refractivity contribution in [3.8, 4) is 5.75 Å². The van der Waals surface area contributed by atoms with Crippen LogP contribution in [0.2, 0.25) is 0 Å². The molecule has 1 atom stereocenters. The number of carbonyl (C=O) groups excluding carboxylic acids is 1. The second kappa shape index (κ2) is 8.02. The Morgan fingerprint density at radius 3 is 3.18 bits per heavy atom. The van der Waals surface area contributed by atoms with Crippen molar-refractivity contribution in [2.75, 3.05) is 37.8 Å². The van der Waals surface area contributed by atoms with Crippen LogP contribution in [0.15, 0.2) is 30.5 Å². The second-order valence-corrected chi connectivity index (χ2v) is 7.41. The van der Waals surface area contributed by atoms with Crippen molar-refractivity contribution in [2.24, 2.45) is 0 Å². The summed E-state index contributed by atoms with van der Waals surface area (Å²) >= 11 is 0. The van der Waals surface area contributed by atoms with Crippen LogP contribution >= 0.6 is 0 Å². The van der Waals surface area contributed by atoms with Gasteiger partial charge in [0.15, 0.2) is 0 Å². The molecule has 1 fully saturated rings. The number of urea groups is 1. The summed E-state index contributed by atoms with van der Waals surface area (Å²) in [6, 6.07) is 7.75. The number of aromatic nitrogens is 2. The molecule has 0 bridgehead atoms. The van der Waals surface area contributed by atoms with Gasteiger partial charge in [-0.05, 0) is 56.1 Å². The number of nitrogens with zero attached hydrogens (tertiary/aromatic N) is 4. The minimum absolute atomic E-state index is 0.0622. The van der Waals surface area contributed by atoms with Crippen LogP contribution in [0.5, 0.6) is 5.75 Å². The highest BCUT2D eigenvalue weighted by molar-refractivity contribution is 5.89. The van der Waals surface area contributed by atoms with E-state index < -0.39 is 0 Å². The van der Waals surface area contributed by atoms with Crippen LogP contribution in [0.3, 0.4) is 0 Å². The largest absolute Gasteiger partial charge is 0.493 e. The number of amides is 2. The fourth-order valence-corrected chi connectivity index (χ4v) is 3.77. The Labute approximate surface area is 164 Å². The third kappa shape index (κ3) is 4.17. The number of fused-ring (bicyclic) bond motifs is 1. The van der Waals surface area contributed by atoms with Gasteiger partial charge in [0.25, 0.3) is 0 Å². The maximum absolute atomic E-state index is 12.7. The molecule has 2 amide bonds. The van der Waals surface area contributed by atoms with Crippen molar-refractivity contribution in [3.63, 3.8) is 0 Å². The van der Waals surface area contributed by atoms with E-state index in [2.05, 4.69) is 20.2 Å². The third-order valence-corrected chi connectivity index (χ3v) is 5.35. The van der Waals surface area contributed by atoms with Crippen molar-refractivity contribution in [2.45, 2.75) is 31.8 Å². The Bertz CT molecular complexity index is 858. The van der Waals surface area contributed by atoms with E-state index in [1.54, 1.807) is 12.3 Å². The molecule has 0 aliphatic carbocycles. The molecule has 0 radical (unpaired) electrons. The van der Waals surface area contributed by atoms with Crippen molar-refractivity contribution in [3.05, 3.63) is 41.9 Å². The molecule has 1 aromatic heterocycles. The van der Waals surface area contributed by atoms with Crippen molar-refractivity contribution >= 4 is 17.5 Å². The Kier molecular flexibility index (Phi) is 5.29. The van der Waals surface area contributed by atoms with E-state index in [0.29, 0.717) is 24.7 Å². The number of nitrogens with one attached hydrogen (secondary N) is 1. The van der Waals surface area contributed by atoms with Gasteiger partial charge in [0, 0.05) is 31.0 Å². The molecule has 1 aromatic carbocycles. The molecule has 2 aliphatic heterocycles. The number of aryl methyl sites for hydroxylation is 1. The van der Waals surface area contributed by atoms with E-state index in [9.17, 15) is 4.79 Å². The maximum atomic E-state index is 12.7. The van der Waals surface area contributed by atoms with Gasteiger partial charge < -0.3 is 20.7 Å². The van der Waals surface area contributed by atoms with E-state index >= 15 is 0 Å². The van der Waals surface area contributed by atoms with Gasteiger partial charge in [-0.15, -0.1) is 0 Å². The number of hydrogen-bond donors (Lipinski definition) is 2. The van der Waals surface area contributed by atoms with Crippen molar-refractivity contribution in [1.29, 1.82) is 0 Å². The van der Waals surface area contributed by atoms with E-state index in [0.717, 1.165) is 49.4 Å². The summed E-state index contributed by atoms with van der Waals surface area (Å²) in [5.41, 5.74) is 7.70. The summed E-state index contributed by atoms with van der Waals surface area (Å²) in [4.78, 5) is 25.2. The summed E-state index contributed by atoms with van der Waals surface area (Å²) in [5, 5.41) is 3.02. The lowest BCUT2D eigenvalue weighted by molar-refractivity contribution is 0.206. The molecular formula is C20H26N6O2. The lowest BCUT2D eigenvalue weighted by Crippen LogP contribution is -2.38. The average molecular weight is 382 g/mol. The first-order chi connectivity index (χ1) is 13.6. The topological polar surface area (TPSA) is 96.6 Å². The summed E-state index contributed by atoms with van der Waals surface area (Å²) < 4.78 is 5.63. The quantitative estimate of drug-likeness (QED) is 0.841. The molecule has 0 saturated carbocycles. The number of rotatable bonds is 4. The van der Waals surface area contributed by atoms with Crippen LogP contribution in [-0.2, 0) is 13.0 Å². The molecule has 4 rings (SSSR count). The highest BCUT2D eigenvalue weighted by Crippen LogP contribution is 2.28. The minimum atomic E-state index is -0.0622. The van der Waals surface area contributed by atoms with Crippen LogP contribution in [0.25, 0.3) is 0 Å². The zero-order chi connectivity index (χ0) is 19.5. The number of ether oxygens (including phenoxy) is 1. The minimum Gasteiger partial charge on any atom is -0.493 e. The van der Waals surface area contributed by atoms with E-state index in [1.807, 2.05) is 30.1 Å². The Morgan fingerprint density at radius 1 is 1.43 bits per heavy atom. The fourth-order valence-electron chi connectivity index (χ4n) is 3.77. The summed E-state index contributed by atoms with van der Waals surface area (Å²) in [6.07, 6.45) is 4.59. The maximum Gasteiger partial charge on any atom is 0.321 e. The van der Waals surface area contributed by atoms with E-state index in [4.69, 9.17) is 10.5 Å². The number of likely N-dealkylation sites (tertiary alicyclic amines) is 1. The van der Waals surface area contributed by atoms with E-state index in [1.165, 1.54) is 0 Å². The number of likely N-dealkylation sites (N-methyl/N-ethyl adjacent to an activating group) is 1. The van der Waals surface area contributed by atoms with Crippen LogP contribution < -0.4 is 15.8 Å². The second-order valence-electron chi connectivity index (χ2n) is 7.41. The van der Waals surface area contributed by atoms with Crippen LogP contribution in [0.4, 0.5) is 16.3 Å². The molecule has 2 aromatic rings. The number of nitrogens with two attached hydrogens (primary N) is 1. The molecule has 8 heteroatoms. The lowest BCUT2D eigenvalue weighted by Gasteiger charge is -2.24. The first-order valence-electron chi connectivity index (χ1n) is 9.68. The Morgan fingerprint density at radius 2 is 2.32 bits per heavy atom. The molecule has 1 unspecified atom stereocenters. The van der Waals surface area contributed by atoms with Gasteiger partial charge in [0.05, 0.1) is 13.2 Å². The average Bonchev–Trinajstić information content (AvgIpc) is 3.18. The molecule has 148 valence electrons. The molecule has 8 nitrogen and oxygen atoms in total. The van der Waals surface area contributed by atoms with Crippen LogP contribution in [0, 0.1) is 0 Å². The highest BCUT2D eigenvalue weighted by atomic mass is 16.5. The van der Waals surface area contributed by atoms with Crippen LogP contribution in [0.1, 0.15) is 24.2 Å². The Balaban J connectivity index is 1.32.